The Balaban J connectivity index is 1.50. The Morgan fingerprint density at radius 2 is 1.91 bits per heavy atom. The molecule has 3 heterocycles. The van der Waals surface area contributed by atoms with Crippen molar-refractivity contribution in [3.05, 3.63) is 64.8 Å². The Morgan fingerprint density at radius 1 is 1.23 bits per heavy atom. The molecule has 3 atom stereocenters. The van der Waals surface area contributed by atoms with Crippen LogP contribution in [0.1, 0.15) is 58.6 Å². The van der Waals surface area contributed by atoms with E-state index in [1.807, 2.05) is 19.1 Å². The molecule has 11 heteroatoms. The fraction of sp³-hybridized carbons (Fsp3) is 0.333. The van der Waals surface area contributed by atoms with Gasteiger partial charge in [-0.3, -0.25) is 4.79 Å². The number of carbonyl (C=O) groups excluding carboxylic acids is 1. The van der Waals surface area contributed by atoms with Crippen LogP contribution in [-0.4, -0.2) is 33.8 Å². The zero-order valence-corrected chi connectivity index (χ0v) is 18.9. The minimum absolute atomic E-state index is 0.00600. The molecular formula is C24H23F3N4O4. The van der Waals surface area contributed by atoms with Crippen LogP contribution in [0.4, 0.5) is 24.7 Å². The van der Waals surface area contributed by atoms with Gasteiger partial charge in [0.05, 0.1) is 24.0 Å². The zero-order valence-electron chi connectivity index (χ0n) is 18.9. The van der Waals surface area contributed by atoms with Crippen molar-refractivity contribution in [3.8, 4) is 11.5 Å². The van der Waals surface area contributed by atoms with Gasteiger partial charge in [-0.15, -0.1) is 0 Å². The molecule has 184 valence electrons. The second-order valence-electron chi connectivity index (χ2n) is 8.67. The lowest BCUT2D eigenvalue weighted by atomic mass is 9.96. The summed E-state index contributed by atoms with van der Waals surface area (Å²) in [5, 5.41) is 19.8. The topological polar surface area (TPSA) is 97.6 Å². The number of ether oxygens (including phenoxy) is 2. The van der Waals surface area contributed by atoms with E-state index in [0.29, 0.717) is 22.6 Å². The summed E-state index contributed by atoms with van der Waals surface area (Å²) in [5.41, 5.74) is 2.25. The molecule has 3 N–H and O–H groups in total. The summed E-state index contributed by atoms with van der Waals surface area (Å²) in [6.45, 7) is 3.43. The van der Waals surface area contributed by atoms with Crippen LogP contribution >= 0.6 is 0 Å². The van der Waals surface area contributed by atoms with Crippen molar-refractivity contribution in [1.82, 2.24) is 9.78 Å². The predicted molar refractivity (Wildman–Crippen MR) is 121 cm³/mol. The van der Waals surface area contributed by atoms with Gasteiger partial charge in [-0.1, -0.05) is 29.8 Å². The highest BCUT2D eigenvalue weighted by Gasteiger charge is 2.47. The Kier molecular flexibility index (Phi) is 5.59. The number of carbonyl (C=O) groups is 1. The van der Waals surface area contributed by atoms with Crippen LogP contribution in [0, 0.1) is 6.92 Å². The first-order valence-corrected chi connectivity index (χ1v) is 11.0. The quantitative estimate of drug-likeness (QED) is 0.484. The van der Waals surface area contributed by atoms with Crippen molar-refractivity contribution >= 4 is 17.4 Å². The van der Waals surface area contributed by atoms with E-state index in [9.17, 15) is 23.1 Å². The van der Waals surface area contributed by atoms with Crippen LogP contribution < -0.4 is 20.1 Å². The van der Waals surface area contributed by atoms with Crippen molar-refractivity contribution in [2.75, 3.05) is 17.4 Å². The fourth-order valence-electron chi connectivity index (χ4n) is 4.35. The third kappa shape index (κ3) is 4.27. The Labute approximate surface area is 198 Å². The van der Waals surface area contributed by atoms with E-state index in [0.717, 1.165) is 16.4 Å². The Hall–Kier alpha value is -3.73. The number of rotatable bonds is 4. The number of hydrogen-bond acceptors (Lipinski definition) is 6. The van der Waals surface area contributed by atoms with Crippen LogP contribution in [0.25, 0.3) is 0 Å². The summed E-state index contributed by atoms with van der Waals surface area (Å²) >= 11 is 0. The number of alkyl halides is 3. The van der Waals surface area contributed by atoms with E-state index in [2.05, 4.69) is 15.7 Å². The van der Waals surface area contributed by atoms with Gasteiger partial charge in [0.2, 0.25) is 6.79 Å². The molecule has 8 nitrogen and oxygen atoms in total. The highest BCUT2D eigenvalue weighted by molar-refractivity contribution is 6.08. The number of aryl methyl sites for hydroxylation is 1. The van der Waals surface area contributed by atoms with Gasteiger partial charge >= 0.3 is 6.18 Å². The summed E-state index contributed by atoms with van der Waals surface area (Å²) in [4.78, 5) is 13.2. The van der Waals surface area contributed by atoms with Crippen molar-refractivity contribution in [2.24, 2.45) is 0 Å². The monoisotopic (exact) mass is 488 g/mol. The highest BCUT2D eigenvalue weighted by Crippen LogP contribution is 2.45. The number of hydrogen-bond donors (Lipinski definition) is 3. The zero-order chi connectivity index (χ0) is 24.9. The van der Waals surface area contributed by atoms with E-state index in [1.54, 1.807) is 18.2 Å². The maximum atomic E-state index is 14.0. The standard InChI is InChI=1S/C24H23F3N4O4/c1-12-3-5-14(6-4-12)17-9-21(24(25,26)27)31-22(29-17)16(10-28-31)23(33)30-18-8-20-19(34-11-35-20)7-15(18)13(2)32/h3-8,10,13,17,21,29,32H,9,11H2,1-2H3,(H,30,33)/t13-,17+,21-/m1/s1. The molecule has 2 aliphatic rings. The first-order valence-electron chi connectivity index (χ1n) is 11.0. The molecular weight excluding hydrogens is 465 g/mol. The maximum absolute atomic E-state index is 14.0. The molecule has 1 aromatic heterocycles. The first-order chi connectivity index (χ1) is 16.6. The van der Waals surface area contributed by atoms with Crippen molar-refractivity contribution < 1.29 is 32.5 Å². The summed E-state index contributed by atoms with van der Waals surface area (Å²) in [5.74, 6) is 0.111. The molecule has 0 unspecified atom stereocenters. The van der Waals surface area contributed by atoms with E-state index in [4.69, 9.17) is 9.47 Å². The number of nitrogens with zero attached hydrogens (tertiary/aromatic N) is 2. The van der Waals surface area contributed by atoms with Crippen LogP contribution in [0.3, 0.4) is 0 Å². The van der Waals surface area contributed by atoms with Gasteiger partial charge < -0.3 is 25.2 Å². The van der Waals surface area contributed by atoms with Gasteiger partial charge in [-0.2, -0.15) is 18.3 Å². The average molecular weight is 488 g/mol. The van der Waals surface area contributed by atoms with Gasteiger partial charge in [0.1, 0.15) is 11.4 Å². The molecule has 0 spiro atoms. The van der Waals surface area contributed by atoms with Gasteiger partial charge in [0.25, 0.3) is 5.91 Å². The second kappa shape index (κ2) is 8.49. The van der Waals surface area contributed by atoms with E-state index in [-0.39, 0.29) is 30.3 Å². The molecule has 0 fully saturated rings. The van der Waals surface area contributed by atoms with Crippen molar-refractivity contribution in [1.29, 1.82) is 0 Å². The normalized spacial score (nSPS) is 19.6. The molecule has 0 bridgehead atoms. The lowest BCUT2D eigenvalue weighted by Crippen LogP contribution is -2.36. The molecule has 35 heavy (non-hydrogen) atoms. The van der Waals surface area contributed by atoms with Crippen LogP contribution in [0.15, 0.2) is 42.6 Å². The molecule has 2 aromatic carbocycles. The molecule has 0 saturated carbocycles. The van der Waals surface area contributed by atoms with Gasteiger partial charge in [0, 0.05) is 18.1 Å². The lowest BCUT2D eigenvalue weighted by Gasteiger charge is -2.34. The number of nitrogens with one attached hydrogen (secondary N) is 2. The number of fused-ring (bicyclic) bond motifs is 2. The molecule has 3 aromatic rings. The smallest absolute Gasteiger partial charge is 0.410 e. The summed E-state index contributed by atoms with van der Waals surface area (Å²) in [7, 11) is 0. The van der Waals surface area contributed by atoms with Gasteiger partial charge in [-0.25, -0.2) is 4.68 Å². The van der Waals surface area contributed by atoms with Crippen molar-refractivity contribution in [3.63, 3.8) is 0 Å². The average Bonchev–Trinajstić information content (AvgIpc) is 3.44. The molecule has 1 amide bonds. The summed E-state index contributed by atoms with van der Waals surface area (Å²) in [6, 6.07) is 7.70. The predicted octanol–water partition coefficient (Wildman–Crippen LogP) is 4.89. The van der Waals surface area contributed by atoms with E-state index < -0.39 is 30.3 Å². The minimum atomic E-state index is -4.56. The number of amides is 1. The van der Waals surface area contributed by atoms with Crippen LogP contribution in [0.5, 0.6) is 11.5 Å². The van der Waals surface area contributed by atoms with Crippen LogP contribution in [0.2, 0.25) is 0 Å². The number of halogens is 3. The molecule has 5 rings (SSSR count). The molecule has 0 radical (unpaired) electrons. The summed E-state index contributed by atoms with van der Waals surface area (Å²) in [6.07, 6.45) is -4.66. The van der Waals surface area contributed by atoms with Crippen molar-refractivity contribution in [2.45, 2.75) is 44.6 Å². The minimum Gasteiger partial charge on any atom is -0.454 e. The first kappa shape index (κ1) is 23.0. The Morgan fingerprint density at radius 3 is 2.57 bits per heavy atom. The Bertz CT molecular complexity index is 1270. The fourth-order valence-corrected chi connectivity index (χ4v) is 4.35. The van der Waals surface area contributed by atoms with Gasteiger partial charge in [0.15, 0.2) is 17.5 Å². The number of aromatic nitrogens is 2. The lowest BCUT2D eigenvalue weighted by molar-refractivity contribution is -0.173. The number of anilines is 2. The second-order valence-corrected chi connectivity index (χ2v) is 8.67. The third-order valence-electron chi connectivity index (χ3n) is 6.21. The molecule has 2 aliphatic heterocycles. The highest BCUT2D eigenvalue weighted by atomic mass is 19.4. The van der Waals surface area contributed by atoms with E-state index >= 15 is 0 Å². The number of benzene rings is 2. The molecule has 0 saturated heterocycles. The third-order valence-corrected chi connectivity index (χ3v) is 6.21. The van der Waals surface area contributed by atoms with Gasteiger partial charge in [-0.05, 0) is 25.5 Å². The van der Waals surface area contributed by atoms with Crippen LogP contribution in [-0.2, 0) is 0 Å². The SMILES string of the molecule is Cc1ccc([C@@H]2C[C@H](C(F)(F)F)n3ncc(C(=O)Nc4cc5c(cc4[C@@H](C)O)OCO5)c3N2)cc1. The number of aliphatic hydroxyl groups excluding tert-OH is 1. The maximum Gasteiger partial charge on any atom is 0.410 e. The largest absolute Gasteiger partial charge is 0.454 e. The molecule has 0 aliphatic carbocycles. The van der Waals surface area contributed by atoms with E-state index in [1.165, 1.54) is 13.0 Å². The summed E-state index contributed by atoms with van der Waals surface area (Å²) < 4.78 is 53.4. The number of aliphatic hydroxyl groups is 1.